The van der Waals surface area contributed by atoms with Crippen LogP contribution in [0.25, 0.3) is 16.9 Å². The van der Waals surface area contributed by atoms with Gasteiger partial charge in [0.2, 0.25) is 6.79 Å². The number of aromatic nitrogens is 3. The van der Waals surface area contributed by atoms with E-state index in [2.05, 4.69) is 10.1 Å². The normalized spacial score (nSPS) is 13.1. The molecule has 0 aliphatic carbocycles. The number of rotatable bonds is 1. The van der Waals surface area contributed by atoms with Crippen molar-refractivity contribution in [3.63, 3.8) is 0 Å². The first kappa shape index (κ1) is 10.4. The molecule has 0 atom stereocenters. The van der Waals surface area contributed by atoms with E-state index >= 15 is 0 Å². The largest absolute Gasteiger partial charge is 0.454 e. The van der Waals surface area contributed by atoms with Gasteiger partial charge in [-0.3, -0.25) is 0 Å². The number of fused-ring (bicyclic) bond motifs is 2. The fourth-order valence-corrected chi connectivity index (χ4v) is 2.28. The van der Waals surface area contributed by atoms with E-state index in [1.165, 1.54) is 0 Å². The van der Waals surface area contributed by atoms with Crippen molar-refractivity contribution < 1.29 is 9.47 Å². The van der Waals surface area contributed by atoms with E-state index in [4.69, 9.17) is 9.47 Å². The maximum Gasteiger partial charge on any atom is 0.231 e. The third-order valence-corrected chi connectivity index (χ3v) is 3.25. The molecule has 1 aromatic carbocycles. The van der Waals surface area contributed by atoms with E-state index in [1.807, 2.05) is 37.4 Å². The van der Waals surface area contributed by atoms with Gasteiger partial charge in [-0.1, -0.05) is 0 Å². The van der Waals surface area contributed by atoms with Crippen LogP contribution in [0.1, 0.15) is 5.56 Å². The lowest BCUT2D eigenvalue weighted by Crippen LogP contribution is -1.94. The number of hydrogen-bond donors (Lipinski definition) is 0. The molecule has 5 heteroatoms. The van der Waals surface area contributed by atoms with Crippen molar-refractivity contribution in [3.8, 4) is 22.8 Å². The lowest BCUT2D eigenvalue weighted by molar-refractivity contribution is 0.174. The minimum Gasteiger partial charge on any atom is -0.454 e. The summed E-state index contributed by atoms with van der Waals surface area (Å²) in [5.41, 5.74) is 3.87. The van der Waals surface area contributed by atoms with Crippen LogP contribution >= 0.6 is 0 Å². The van der Waals surface area contributed by atoms with Gasteiger partial charge in [0.25, 0.3) is 0 Å². The molecule has 3 heterocycles. The molecule has 5 nitrogen and oxygen atoms in total. The first-order chi connectivity index (χ1) is 9.31. The number of benzene rings is 1. The Hall–Kier alpha value is -2.56. The van der Waals surface area contributed by atoms with Crippen molar-refractivity contribution in [1.82, 2.24) is 14.6 Å². The van der Waals surface area contributed by atoms with Gasteiger partial charge in [-0.2, -0.15) is 5.10 Å². The smallest absolute Gasteiger partial charge is 0.231 e. The molecular weight excluding hydrogens is 242 g/mol. The zero-order valence-corrected chi connectivity index (χ0v) is 10.3. The summed E-state index contributed by atoms with van der Waals surface area (Å²) in [4.78, 5) is 4.19. The van der Waals surface area contributed by atoms with Crippen molar-refractivity contribution in [2.75, 3.05) is 6.79 Å². The third-order valence-electron chi connectivity index (χ3n) is 3.25. The highest BCUT2D eigenvalue weighted by Crippen LogP contribution is 2.37. The summed E-state index contributed by atoms with van der Waals surface area (Å²) < 4.78 is 12.6. The molecule has 19 heavy (non-hydrogen) atoms. The van der Waals surface area contributed by atoms with E-state index in [9.17, 15) is 0 Å². The summed E-state index contributed by atoms with van der Waals surface area (Å²) in [5, 5.41) is 4.55. The molecule has 1 aliphatic heterocycles. The molecular formula is C14H11N3O2. The SMILES string of the molecule is Cc1cc2c(cc1-c1ccc3nccn3n1)OCO2. The monoisotopic (exact) mass is 253 g/mol. The Bertz CT molecular complexity index is 779. The molecule has 0 saturated heterocycles. The summed E-state index contributed by atoms with van der Waals surface area (Å²) in [6.45, 7) is 2.32. The predicted molar refractivity (Wildman–Crippen MR) is 69.3 cm³/mol. The Balaban J connectivity index is 1.91. The molecule has 0 spiro atoms. The highest BCUT2D eigenvalue weighted by Gasteiger charge is 2.17. The van der Waals surface area contributed by atoms with Crippen molar-refractivity contribution >= 4 is 5.65 Å². The molecule has 4 rings (SSSR count). The quantitative estimate of drug-likeness (QED) is 0.668. The maximum atomic E-state index is 5.42. The van der Waals surface area contributed by atoms with Crippen LogP contribution in [-0.4, -0.2) is 21.4 Å². The second-order valence-electron chi connectivity index (χ2n) is 4.47. The van der Waals surface area contributed by atoms with Crippen molar-refractivity contribution in [1.29, 1.82) is 0 Å². The van der Waals surface area contributed by atoms with Crippen LogP contribution in [0.2, 0.25) is 0 Å². The van der Waals surface area contributed by atoms with Crippen LogP contribution < -0.4 is 9.47 Å². The number of aryl methyl sites for hydroxylation is 1. The van der Waals surface area contributed by atoms with E-state index in [0.29, 0.717) is 0 Å². The van der Waals surface area contributed by atoms with Crippen LogP contribution in [0.4, 0.5) is 0 Å². The fourth-order valence-electron chi connectivity index (χ4n) is 2.28. The van der Waals surface area contributed by atoms with E-state index in [-0.39, 0.29) is 6.79 Å². The Kier molecular flexibility index (Phi) is 2.03. The molecule has 1 aliphatic rings. The molecule has 0 N–H and O–H groups in total. The summed E-state index contributed by atoms with van der Waals surface area (Å²) in [6.07, 6.45) is 3.57. The van der Waals surface area contributed by atoms with Gasteiger partial charge in [0.15, 0.2) is 17.1 Å². The average Bonchev–Trinajstić information content (AvgIpc) is 3.04. The van der Waals surface area contributed by atoms with Crippen LogP contribution in [-0.2, 0) is 0 Å². The zero-order valence-electron chi connectivity index (χ0n) is 10.3. The molecule has 0 radical (unpaired) electrons. The summed E-state index contributed by atoms with van der Waals surface area (Å²) >= 11 is 0. The number of hydrogen-bond acceptors (Lipinski definition) is 4. The Morgan fingerprint density at radius 2 is 2.00 bits per heavy atom. The first-order valence-corrected chi connectivity index (χ1v) is 6.02. The highest BCUT2D eigenvalue weighted by atomic mass is 16.7. The highest BCUT2D eigenvalue weighted by molar-refractivity contribution is 5.69. The Labute approximate surface area is 109 Å². The van der Waals surface area contributed by atoms with E-state index in [1.54, 1.807) is 10.7 Å². The lowest BCUT2D eigenvalue weighted by Gasteiger charge is -2.07. The maximum absolute atomic E-state index is 5.42. The van der Waals surface area contributed by atoms with E-state index < -0.39 is 0 Å². The number of imidazole rings is 1. The van der Waals surface area contributed by atoms with Gasteiger partial charge >= 0.3 is 0 Å². The second kappa shape index (κ2) is 3.71. The van der Waals surface area contributed by atoms with Crippen molar-refractivity contribution in [2.24, 2.45) is 0 Å². The minimum atomic E-state index is 0.284. The van der Waals surface area contributed by atoms with Crippen LogP contribution in [0.5, 0.6) is 11.5 Å². The van der Waals surface area contributed by atoms with Crippen LogP contribution in [0, 0.1) is 6.92 Å². The number of ether oxygens (including phenoxy) is 2. The van der Waals surface area contributed by atoms with Gasteiger partial charge in [0.1, 0.15) is 0 Å². The van der Waals surface area contributed by atoms with E-state index in [0.717, 1.165) is 34.0 Å². The van der Waals surface area contributed by atoms with Crippen molar-refractivity contribution in [2.45, 2.75) is 6.92 Å². The predicted octanol–water partition coefficient (Wildman–Crippen LogP) is 2.43. The van der Waals surface area contributed by atoms with Gasteiger partial charge in [0, 0.05) is 18.0 Å². The average molecular weight is 253 g/mol. The molecule has 0 fully saturated rings. The second-order valence-corrected chi connectivity index (χ2v) is 4.47. The molecule has 3 aromatic rings. The first-order valence-electron chi connectivity index (χ1n) is 6.02. The van der Waals surface area contributed by atoms with Gasteiger partial charge in [-0.05, 0) is 36.8 Å². The molecule has 94 valence electrons. The third kappa shape index (κ3) is 1.55. The summed E-state index contributed by atoms with van der Waals surface area (Å²) in [6, 6.07) is 7.87. The lowest BCUT2D eigenvalue weighted by atomic mass is 10.0. The molecule has 2 aromatic heterocycles. The fraction of sp³-hybridized carbons (Fsp3) is 0.143. The minimum absolute atomic E-state index is 0.284. The topological polar surface area (TPSA) is 48.7 Å². The van der Waals surface area contributed by atoms with Crippen LogP contribution in [0.15, 0.2) is 36.7 Å². The molecule has 0 saturated carbocycles. The molecule has 0 unspecified atom stereocenters. The summed E-state index contributed by atoms with van der Waals surface area (Å²) in [5.74, 6) is 1.57. The number of nitrogens with zero attached hydrogens (tertiary/aromatic N) is 3. The van der Waals surface area contributed by atoms with Gasteiger partial charge < -0.3 is 9.47 Å². The molecule has 0 bridgehead atoms. The molecule has 0 amide bonds. The zero-order chi connectivity index (χ0) is 12.8. The Morgan fingerprint density at radius 1 is 1.16 bits per heavy atom. The Morgan fingerprint density at radius 3 is 2.89 bits per heavy atom. The van der Waals surface area contributed by atoms with Gasteiger partial charge in [-0.25, -0.2) is 9.50 Å². The van der Waals surface area contributed by atoms with Gasteiger partial charge in [-0.15, -0.1) is 0 Å². The van der Waals surface area contributed by atoms with Crippen molar-refractivity contribution in [3.05, 3.63) is 42.2 Å². The van der Waals surface area contributed by atoms with Crippen LogP contribution in [0.3, 0.4) is 0 Å². The van der Waals surface area contributed by atoms with Gasteiger partial charge in [0.05, 0.1) is 5.69 Å². The summed E-state index contributed by atoms with van der Waals surface area (Å²) in [7, 11) is 0. The standard InChI is InChI=1S/C14H11N3O2/c1-9-6-12-13(19-8-18-12)7-10(9)11-2-3-14-15-4-5-17(14)16-11/h2-7H,8H2,1H3.